The standard InChI is InChI=1S/C20H23N3O5S/c1-28-18-5-3-4-16(14-18)20(25)23-12-10-22(11-13-23)19(24)15-6-8-17(9-7-15)21-29(2,26)27/h3-9,14,21H,10-13H2,1-2H3. The monoisotopic (exact) mass is 417 g/mol. The van der Waals surface area contributed by atoms with Gasteiger partial charge in [-0.05, 0) is 42.5 Å². The van der Waals surface area contributed by atoms with Crippen molar-refractivity contribution in [3.05, 3.63) is 59.7 Å². The first-order valence-corrected chi connectivity index (χ1v) is 11.0. The maximum Gasteiger partial charge on any atom is 0.254 e. The first-order chi connectivity index (χ1) is 13.8. The Hall–Kier alpha value is -3.07. The Labute approximate surface area is 170 Å². The summed E-state index contributed by atoms with van der Waals surface area (Å²) in [6, 6.07) is 13.3. The highest BCUT2D eigenvalue weighted by atomic mass is 32.2. The number of piperazine rings is 1. The third-order valence-corrected chi connectivity index (χ3v) is 5.21. The fourth-order valence-electron chi connectivity index (χ4n) is 3.13. The van der Waals surface area contributed by atoms with E-state index in [2.05, 4.69) is 4.72 Å². The van der Waals surface area contributed by atoms with Crippen molar-refractivity contribution < 1.29 is 22.7 Å². The number of hydrogen-bond donors (Lipinski definition) is 1. The lowest BCUT2D eigenvalue weighted by atomic mass is 10.1. The molecule has 1 N–H and O–H groups in total. The van der Waals surface area contributed by atoms with E-state index in [9.17, 15) is 18.0 Å². The van der Waals surface area contributed by atoms with Crippen LogP contribution in [0.1, 0.15) is 20.7 Å². The molecule has 0 spiro atoms. The minimum atomic E-state index is -3.36. The van der Waals surface area contributed by atoms with E-state index >= 15 is 0 Å². The van der Waals surface area contributed by atoms with Crippen LogP contribution in [0.25, 0.3) is 0 Å². The van der Waals surface area contributed by atoms with Gasteiger partial charge in [-0.1, -0.05) is 6.07 Å². The molecule has 0 bridgehead atoms. The first kappa shape index (κ1) is 20.7. The number of benzene rings is 2. The van der Waals surface area contributed by atoms with Crippen molar-refractivity contribution in [1.29, 1.82) is 0 Å². The minimum Gasteiger partial charge on any atom is -0.497 e. The fraction of sp³-hybridized carbons (Fsp3) is 0.300. The summed E-state index contributed by atoms with van der Waals surface area (Å²) in [6.07, 6.45) is 1.07. The summed E-state index contributed by atoms with van der Waals surface area (Å²) in [5, 5.41) is 0. The average molecular weight is 417 g/mol. The number of rotatable bonds is 5. The number of amides is 2. The number of ether oxygens (including phenoxy) is 1. The highest BCUT2D eigenvalue weighted by Crippen LogP contribution is 2.17. The zero-order valence-corrected chi connectivity index (χ0v) is 17.1. The Morgan fingerprint density at radius 2 is 1.45 bits per heavy atom. The van der Waals surface area contributed by atoms with Crippen LogP contribution in [-0.4, -0.2) is 69.6 Å². The molecule has 1 aliphatic heterocycles. The lowest BCUT2D eigenvalue weighted by Gasteiger charge is -2.35. The van der Waals surface area contributed by atoms with E-state index in [-0.39, 0.29) is 11.8 Å². The number of anilines is 1. The van der Waals surface area contributed by atoms with E-state index in [1.165, 1.54) is 0 Å². The molecule has 1 fully saturated rings. The molecule has 0 saturated carbocycles. The van der Waals surface area contributed by atoms with Gasteiger partial charge in [0, 0.05) is 43.0 Å². The number of carbonyl (C=O) groups excluding carboxylic acids is 2. The van der Waals surface area contributed by atoms with E-state index in [0.717, 1.165) is 6.26 Å². The highest BCUT2D eigenvalue weighted by molar-refractivity contribution is 7.92. The molecule has 2 aromatic rings. The minimum absolute atomic E-state index is 0.0906. The van der Waals surface area contributed by atoms with Crippen LogP contribution in [0.2, 0.25) is 0 Å². The molecular formula is C20H23N3O5S. The molecule has 0 atom stereocenters. The molecule has 8 nitrogen and oxygen atoms in total. The predicted molar refractivity (Wildman–Crippen MR) is 110 cm³/mol. The molecule has 1 saturated heterocycles. The van der Waals surface area contributed by atoms with Gasteiger partial charge in [0.25, 0.3) is 11.8 Å². The number of sulfonamides is 1. The second-order valence-corrected chi connectivity index (χ2v) is 8.52. The Balaban J connectivity index is 1.60. The van der Waals surface area contributed by atoms with Gasteiger partial charge in [-0.3, -0.25) is 14.3 Å². The zero-order valence-electron chi connectivity index (χ0n) is 16.3. The summed E-state index contributed by atoms with van der Waals surface area (Å²) in [7, 11) is -1.81. The Morgan fingerprint density at radius 1 is 0.897 bits per heavy atom. The number of nitrogens with one attached hydrogen (secondary N) is 1. The van der Waals surface area contributed by atoms with Gasteiger partial charge in [-0.15, -0.1) is 0 Å². The van der Waals surface area contributed by atoms with Gasteiger partial charge in [0.1, 0.15) is 5.75 Å². The molecule has 2 aromatic carbocycles. The average Bonchev–Trinajstić information content (AvgIpc) is 2.72. The van der Waals surface area contributed by atoms with Crippen molar-refractivity contribution in [1.82, 2.24) is 9.80 Å². The van der Waals surface area contributed by atoms with Gasteiger partial charge in [-0.25, -0.2) is 8.42 Å². The van der Waals surface area contributed by atoms with Crippen LogP contribution < -0.4 is 9.46 Å². The van der Waals surface area contributed by atoms with Gasteiger partial charge >= 0.3 is 0 Å². The van der Waals surface area contributed by atoms with Crippen LogP contribution >= 0.6 is 0 Å². The zero-order chi connectivity index (χ0) is 21.0. The van der Waals surface area contributed by atoms with Crippen molar-refractivity contribution in [3.63, 3.8) is 0 Å². The largest absolute Gasteiger partial charge is 0.497 e. The summed E-state index contributed by atoms with van der Waals surface area (Å²) in [6.45, 7) is 1.74. The normalized spacial score (nSPS) is 14.4. The van der Waals surface area contributed by atoms with Crippen LogP contribution in [0.15, 0.2) is 48.5 Å². The maximum atomic E-state index is 12.7. The van der Waals surface area contributed by atoms with Crippen molar-refractivity contribution in [2.24, 2.45) is 0 Å². The van der Waals surface area contributed by atoms with E-state index in [1.807, 2.05) is 0 Å². The lowest BCUT2D eigenvalue weighted by Crippen LogP contribution is -2.50. The second-order valence-electron chi connectivity index (χ2n) is 6.77. The molecule has 0 aromatic heterocycles. The summed E-state index contributed by atoms with van der Waals surface area (Å²) in [4.78, 5) is 28.8. The molecule has 0 aliphatic carbocycles. The molecule has 1 aliphatic rings. The summed E-state index contributed by atoms with van der Waals surface area (Å²) >= 11 is 0. The Morgan fingerprint density at radius 3 is 1.97 bits per heavy atom. The third-order valence-electron chi connectivity index (χ3n) is 4.61. The van der Waals surface area contributed by atoms with Crippen molar-refractivity contribution in [3.8, 4) is 5.75 Å². The third kappa shape index (κ3) is 5.26. The van der Waals surface area contributed by atoms with Crippen LogP contribution in [0.3, 0.4) is 0 Å². The SMILES string of the molecule is COc1cccc(C(=O)N2CCN(C(=O)c3ccc(NS(C)(=O)=O)cc3)CC2)c1. The van der Waals surface area contributed by atoms with Crippen molar-refractivity contribution >= 4 is 27.5 Å². The number of nitrogens with zero attached hydrogens (tertiary/aromatic N) is 2. The molecule has 1 heterocycles. The number of carbonyl (C=O) groups is 2. The Bertz CT molecular complexity index is 997. The van der Waals surface area contributed by atoms with Gasteiger partial charge in [0.05, 0.1) is 13.4 Å². The summed E-state index contributed by atoms with van der Waals surface area (Å²) in [5.41, 5.74) is 1.42. The van der Waals surface area contributed by atoms with Crippen molar-refractivity contribution in [2.75, 3.05) is 44.3 Å². The predicted octanol–water partition coefficient (Wildman–Crippen LogP) is 1.66. The van der Waals surface area contributed by atoms with Gasteiger partial charge in [0.15, 0.2) is 0 Å². The smallest absolute Gasteiger partial charge is 0.254 e. The van der Waals surface area contributed by atoms with Crippen LogP contribution in [0.5, 0.6) is 5.75 Å². The lowest BCUT2D eigenvalue weighted by molar-refractivity contribution is 0.0535. The molecular weight excluding hydrogens is 394 g/mol. The summed E-state index contributed by atoms with van der Waals surface area (Å²) < 4.78 is 30.1. The van der Waals surface area contributed by atoms with Crippen LogP contribution in [0, 0.1) is 0 Å². The topological polar surface area (TPSA) is 96.0 Å². The van der Waals surface area contributed by atoms with E-state index in [0.29, 0.717) is 48.7 Å². The van der Waals surface area contributed by atoms with Gasteiger partial charge in [0.2, 0.25) is 10.0 Å². The number of hydrogen-bond acceptors (Lipinski definition) is 5. The van der Waals surface area contributed by atoms with E-state index in [1.54, 1.807) is 65.4 Å². The quantitative estimate of drug-likeness (QED) is 0.798. The Kier molecular flexibility index (Phi) is 6.07. The second kappa shape index (κ2) is 8.52. The van der Waals surface area contributed by atoms with E-state index in [4.69, 9.17) is 4.74 Å². The molecule has 29 heavy (non-hydrogen) atoms. The fourth-order valence-corrected chi connectivity index (χ4v) is 3.69. The van der Waals surface area contributed by atoms with Gasteiger partial charge < -0.3 is 14.5 Å². The number of methoxy groups -OCH3 is 1. The van der Waals surface area contributed by atoms with Crippen LogP contribution in [-0.2, 0) is 10.0 Å². The van der Waals surface area contributed by atoms with Crippen LogP contribution in [0.4, 0.5) is 5.69 Å². The van der Waals surface area contributed by atoms with Crippen molar-refractivity contribution in [2.45, 2.75) is 0 Å². The molecule has 154 valence electrons. The molecule has 9 heteroatoms. The summed E-state index contributed by atoms with van der Waals surface area (Å²) in [5.74, 6) is 0.384. The first-order valence-electron chi connectivity index (χ1n) is 9.07. The molecule has 3 rings (SSSR count). The van der Waals surface area contributed by atoms with Gasteiger partial charge in [-0.2, -0.15) is 0 Å². The highest BCUT2D eigenvalue weighted by Gasteiger charge is 2.25. The maximum absolute atomic E-state index is 12.7. The molecule has 0 radical (unpaired) electrons. The molecule has 0 unspecified atom stereocenters. The molecule has 2 amide bonds. The van der Waals surface area contributed by atoms with E-state index < -0.39 is 10.0 Å².